The van der Waals surface area contributed by atoms with E-state index in [4.69, 9.17) is 4.74 Å². The first-order chi connectivity index (χ1) is 17.7. The van der Waals surface area contributed by atoms with Crippen LogP contribution in [0.3, 0.4) is 0 Å². The summed E-state index contributed by atoms with van der Waals surface area (Å²) in [4.78, 5) is 16.8. The number of ether oxygens (including phenoxy) is 1. The lowest BCUT2D eigenvalue weighted by atomic mass is 9.43. The quantitative estimate of drug-likeness (QED) is 0.252. The molecule has 4 rings (SSSR count). The van der Waals surface area contributed by atoms with E-state index < -0.39 is 0 Å². The van der Waals surface area contributed by atoms with Crippen molar-refractivity contribution < 1.29 is 14.6 Å². The molecule has 2 saturated carbocycles. The van der Waals surface area contributed by atoms with E-state index >= 15 is 0 Å². The van der Waals surface area contributed by atoms with Crippen LogP contribution < -0.4 is 10.1 Å². The molecule has 3 aliphatic rings. The van der Waals surface area contributed by atoms with E-state index in [1.165, 1.54) is 25.7 Å². The third-order valence-electron chi connectivity index (χ3n) is 10.3. The largest absolute Gasteiger partial charge is 0.478 e. The minimum atomic E-state index is -0.175. The smallest absolute Gasteiger partial charge is 0.220 e. The number of aliphatic hydroxyl groups is 1. The van der Waals surface area contributed by atoms with Gasteiger partial charge in [0.15, 0.2) is 0 Å². The highest BCUT2D eigenvalue weighted by Gasteiger charge is 2.58. The van der Waals surface area contributed by atoms with Crippen molar-refractivity contribution in [1.82, 2.24) is 10.3 Å². The Morgan fingerprint density at radius 3 is 2.70 bits per heavy atom. The number of aliphatic hydroxyl groups excluding tert-OH is 1. The number of nitrogens with zero attached hydrogens (tertiary/aromatic N) is 1. The van der Waals surface area contributed by atoms with Crippen LogP contribution in [0.2, 0.25) is 0 Å². The highest BCUT2D eigenvalue weighted by Crippen LogP contribution is 2.64. The summed E-state index contributed by atoms with van der Waals surface area (Å²) in [7, 11) is 0. The summed E-state index contributed by atoms with van der Waals surface area (Å²) in [6.07, 6.45) is 14.3. The number of fused-ring (bicyclic) bond motifs is 3. The van der Waals surface area contributed by atoms with Crippen molar-refractivity contribution in [2.75, 3.05) is 13.2 Å². The van der Waals surface area contributed by atoms with E-state index in [1.54, 1.807) is 17.3 Å². The molecule has 1 heterocycles. The number of unbranched alkanes of at least 4 members (excludes halogenated alkanes) is 3. The molecule has 37 heavy (non-hydrogen) atoms. The second-order valence-electron chi connectivity index (χ2n) is 12.8. The number of hydrogen-bond donors (Lipinski definition) is 2. The minimum absolute atomic E-state index is 0.000348. The van der Waals surface area contributed by atoms with Gasteiger partial charge >= 0.3 is 0 Å². The maximum atomic E-state index is 12.7. The zero-order valence-electron chi connectivity index (χ0n) is 23.7. The van der Waals surface area contributed by atoms with Gasteiger partial charge in [-0.25, -0.2) is 4.98 Å². The lowest BCUT2D eigenvalue weighted by molar-refractivity contribution is -0.149. The van der Waals surface area contributed by atoms with E-state index in [2.05, 4.69) is 38.0 Å². The average Bonchev–Trinajstić information content (AvgIpc) is 2.88. The lowest BCUT2D eigenvalue weighted by Gasteiger charge is -2.62. The zero-order valence-corrected chi connectivity index (χ0v) is 23.7. The fourth-order valence-electron chi connectivity index (χ4n) is 8.18. The van der Waals surface area contributed by atoms with Gasteiger partial charge in [-0.2, -0.15) is 0 Å². The first-order valence-electron chi connectivity index (χ1n) is 14.9. The molecular formula is C32H50N2O3. The van der Waals surface area contributed by atoms with Gasteiger partial charge in [-0.15, -0.1) is 0 Å². The number of aromatic nitrogens is 1. The third-order valence-corrected chi connectivity index (χ3v) is 10.3. The summed E-state index contributed by atoms with van der Waals surface area (Å²) in [6.45, 7) is 10.9. The second kappa shape index (κ2) is 12.3. The topological polar surface area (TPSA) is 71.5 Å². The Balaban J connectivity index is 1.18. The van der Waals surface area contributed by atoms with Gasteiger partial charge in [-0.3, -0.25) is 4.79 Å². The first kappa shape index (κ1) is 28.1. The Kier molecular flexibility index (Phi) is 9.37. The molecule has 0 radical (unpaired) electrons. The number of allylic oxidation sites excluding steroid dienone is 2. The summed E-state index contributed by atoms with van der Waals surface area (Å²) in [6, 6.07) is 5.71. The normalized spacial score (nSPS) is 30.8. The molecule has 0 bridgehead atoms. The molecule has 1 aromatic heterocycles. The van der Waals surface area contributed by atoms with Gasteiger partial charge in [0.05, 0.1) is 12.7 Å². The van der Waals surface area contributed by atoms with Crippen LogP contribution in [-0.4, -0.2) is 35.3 Å². The van der Waals surface area contributed by atoms with Crippen molar-refractivity contribution in [1.29, 1.82) is 0 Å². The van der Waals surface area contributed by atoms with Gasteiger partial charge in [0.1, 0.15) is 0 Å². The second-order valence-corrected chi connectivity index (χ2v) is 12.8. The Morgan fingerprint density at radius 1 is 1.11 bits per heavy atom. The molecule has 1 aromatic rings. The molecule has 0 aliphatic heterocycles. The predicted octanol–water partition coefficient (Wildman–Crippen LogP) is 6.86. The summed E-state index contributed by atoms with van der Waals surface area (Å²) >= 11 is 0. The summed E-state index contributed by atoms with van der Waals surface area (Å²) in [5.41, 5.74) is 3.44. The van der Waals surface area contributed by atoms with Crippen LogP contribution >= 0.6 is 0 Å². The predicted molar refractivity (Wildman–Crippen MR) is 149 cm³/mol. The molecule has 0 saturated heterocycles. The minimum Gasteiger partial charge on any atom is -0.478 e. The van der Waals surface area contributed by atoms with Gasteiger partial charge in [0.25, 0.3) is 0 Å². The fraction of sp³-hybridized carbons (Fsp3) is 0.750. The van der Waals surface area contributed by atoms with Crippen molar-refractivity contribution in [3.63, 3.8) is 0 Å². The number of carbonyl (C=O) groups excluding carboxylic acids is 1. The van der Waals surface area contributed by atoms with E-state index in [0.29, 0.717) is 42.1 Å². The van der Waals surface area contributed by atoms with Gasteiger partial charge in [-0.05, 0) is 99.4 Å². The standard InChI is InChI=1S/C32H50N2O3/c1-23-12-15-26-25(13-16-27-31(2,3)28(35)18-19-32(26,27)4)24(23)14-17-29(36)33-20-8-5-6-10-22-37-30-11-7-9-21-34-30/h7,9,11,21,25-28,35H,5-6,8,10,12-20,22H2,1-4H3,(H,33,36)/t25?,26?,27?,28-,32+/m0/s1. The molecule has 0 spiro atoms. The molecule has 0 aromatic carbocycles. The van der Waals surface area contributed by atoms with Crippen molar-refractivity contribution >= 4 is 5.91 Å². The van der Waals surface area contributed by atoms with Crippen LogP contribution in [0.25, 0.3) is 0 Å². The highest BCUT2D eigenvalue weighted by molar-refractivity contribution is 5.76. The van der Waals surface area contributed by atoms with E-state index in [-0.39, 0.29) is 17.4 Å². The SMILES string of the molecule is CC1=C(CCC(=O)NCCCCCCOc2ccccn2)C2CCC3C(C)(C)[C@@H](O)CC[C@]3(C)C2CC1. The molecule has 1 amide bonds. The zero-order chi connectivity index (χ0) is 26.5. The van der Waals surface area contributed by atoms with E-state index in [9.17, 15) is 9.90 Å². The molecule has 2 N–H and O–H groups in total. The number of nitrogens with one attached hydrogen (secondary N) is 1. The Bertz CT molecular complexity index is 927. The van der Waals surface area contributed by atoms with Gasteiger partial charge < -0.3 is 15.2 Å². The van der Waals surface area contributed by atoms with Crippen molar-refractivity contribution in [2.24, 2.45) is 28.6 Å². The van der Waals surface area contributed by atoms with Crippen LogP contribution in [0, 0.1) is 28.6 Å². The van der Waals surface area contributed by atoms with Crippen molar-refractivity contribution in [3.8, 4) is 5.88 Å². The Hall–Kier alpha value is -1.88. The van der Waals surface area contributed by atoms with Crippen molar-refractivity contribution in [3.05, 3.63) is 35.5 Å². The molecule has 5 nitrogen and oxygen atoms in total. The van der Waals surface area contributed by atoms with Crippen molar-refractivity contribution in [2.45, 2.75) is 111 Å². The van der Waals surface area contributed by atoms with E-state index in [0.717, 1.165) is 51.5 Å². The molecular weight excluding hydrogens is 460 g/mol. The van der Waals surface area contributed by atoms with Crippen LogP contribution in [0.5, 0.6) is 5.88 Å². The van der Waals surface area contributed by atoms with Gasteiger partial charge in [0.2, 0.25) is 11.8 Å². The summed E-state index contributed by atoms with van der Waals surface area (Å²) < 4.78 is 5.64. The summed E-state index contributed by atoms with van der Waals surface area (Å²) in [5, 5.41) is 13.9. The number of carbonyl (C=O) groups is 1. The van der Waals surface area contributed by atoms with Crippen LogP contribution in [-0.2, 0) is 4.79 Å². The molecule has 3 unspecified atom stereocenters. The molecule has 5 atom stereocenters. The van der Waals surface area contributed by atoms with Crippen LogP contribution in [0.4, 0.5) is 0 Å². The van der Waals surface area contributed by atoms with Crippen LogP contribution in [0.1, 0.15) is 105 Å². The average molecular weight is 511 g/mol. The lowest BCUT2D eigenvalue weighted by Crippen LogP contribution is -2.56. The highest BCUT2D eigenvalue weighted by atomic mass is 16.5. The third kappa shape index (κ3) is 6.41. The Morgan fingerprint density at radius 2 is 1.92 bits per heavy atom. The number of amides is 1. The fourth-order valence-corrected chi connectivity index (χ4v) is 8.18. The molecule has 3 aliphatic carbocycles. The number of rotatable bonds is 11. The monoisotopic (exact) mass is 510 g/mol. The van der Waals surface area contributed by atoms with Gasteiger partial charge in [0, 0.05) is 25.2 Å². The maximum Gasteiger partial charge on any atom is 0.220 e. The Labute approximate surface area is 224 Å². The molecule has 5 heteroatoms. The van der Waals surface area contributed by atoms with Gasteiger partial charge in [-0.1, -0.05) is 50.8 Å². The van der Waals surface area contributed by atoms with Crippen LogP contribution in [0.15, 0.2) is 35.5 Å². The summed E-state index contributed by atoms with van der Waals surface area (Å²) in [5.74, 6) is 2.80. The number of pyridine rings is 1. The first-order valence-corrected chi connectivity index (χ1v) is 14.9. The molecule has 2 fully saturated rings. The molecule has 206 valence electrons. The number of hydrogen-bond acceptors (Lipinski definition) is 4. The van der Waals surface area contributed by atoms with E-state index in [1.807, 2.05) is 18.2 Å². The maximum absolute atomic E-state index is 12.7.